The fourth-order valence-electron chi connectivity index (χ4n) is 2.90. The third-order valence-corrected chi connectivity index (χ3v) is 4.48. The van der Waals surface area contributed by atoms with Crippen molar-refractivity contribution in [3.05, 3.63) is 58.3 Å². The van der Waals surface area contributed by atoms with E-state index < -0.39 is 0 Å². The van der Waals surface area contributed by atoms with Gasteiger partial charge in [-0.25, -0.2) is 4.79 Å². The Kier molecular flexibility index (Phi) is 13.9. The fourth-order valence-corrected chi connectivity index (χ4v) is 2.90. The Morgan fingerprint density at radius 3 is 2.38 bits per heavy atom. The second-order valence-electron chi connectivity index (χ2n) is 7.14. The minimum absolute atomic E-state index is 0.123. The molecule has 0 amide bonds. The normalized spacial score (nSPS) is 10.1. The third kappa shape index (κ3) is 10.2. The van der Waals surface area contributed by atoms with Crippen LogP contribution in [0.2, 0.25) is 0 Å². The van der Waals surface area contributed by atoms with Crippen molar-refractivity contribution < 1.29 is 9.47 Å². The molecule has 2 heterocycles. The number of nitrogens with two attached hydrogens (primary N) is 2. The van der Waals surface area contributed by atoms with Gasteiger partial charge in [0.25, 0.3) is 0 Å². The van der Waals surface area contributed by atoms with E-state index in [9.17, 15) is 4.79 Å². The van der Waals surface area contributed by atoms with Crippen molar-refractivity contribution >= 4 is 17.0 Å². The van der Waals surface area contributed by atoms with Gasteiger partial charge in [-0.05, 0) is 43.7 Å². The lowest BCUT2D eigenvalue weighted by molar-refractivity contribution is 0.103. The van der Waals surface area contributed by atoms with E-state index in [1.54, 1.807) is 18.8 Å². The Balaban J connectivity index is 0.000000631. The van der Waals surface area contributed by atoms with Gasteiger partial charge >= 0.3 is 5.69 Å². The van der Waals surface area contributed by atoms with Crippen molar-refractivity contribution in [1.29, 1.82) is 0 Å². The SMILES string of the molecule is CC.COCCOC.Cc1cc2cn(-c3ccc(CNCCCN=C(N)N)cc3)c(=O)nc2[nH]1. The zero-order chi connectivity index (χ0) is 25.3. The molecule has 0 unspecified atom stereocenters. The molecule has 1 aromatic carbocycles. The van der Waals surface area contributed by atoms with Crippen LogP contribution in [0.5, 0.6) is 0 Å². The highest BCUT2D eigenvalue weighted by atomic mass is 16.5. The van der Waals surface area contributed by atoms with E-state index in [1.165, 1.54) is 0 Å². The number of nitrogens with one attached hydrogen (secondary N) is 2. The first-order valence-electron chi connectivity index (χ1n) is 11.4. The molecule has 0 aliphatic carbocycles. The lowest BCUT2D eigenvalue weighted by Crippen LogP contribution is -2.23. The van der Waals surface area contributed by atoms with Gasteiger partial charge in [0.15, 0.2) is 5.96 Å². The molecule has 10 heteroatoms. The predicted molar refractivity (Wildman–Crippen MR) is 139 cm³/mol. The molecule has 3 rings (SSSR count). The molecule has 34 heavy (non-hydrogen) atoms. The summed E-state index contributed by atoms with van der Waals surface area (Å²) in [6.07, 6.45) is 2.68. The maximum absolute atomic E-state index is 12.2. The molecule has 0 saturated heterocycles. The summed E-state index contributed by atoms with van der Waals surface area (Å²) in [5.41, 5.74) is 13.8. The highest BCUT2D eigenvalue weighted by molar-refractivity contribution is 5.76. The summed E-state index contributed by atoms with van der Waals surface area (Å²) in [7, 11) is 3.30. The molecule has 10 nitrogen and oxygen atoms in total. The van der Waals surface area contributed by atoms with Crippen molar-refractivity contribution in [2.75, 3.05) is 40.5 Å². The Hall–Kier alpha value is -3.21. The van der Waals surface area contributed by atoms with E-state index >= 15 is 0 Å². The molecule has 0 radical (unpaired) electrons. The summed E-state index contributed by atoms with van der Waals surface area (Å²) >= 11 is 0. The van der Waals surface area contributed by atoms with Gasteiger partial charge in [0.1, 0.15) is 5.65 Å². The van der Waals surface area contributed by atoms with Crippen LogP contribution in [0, 0.1) is 6.92 Å². The molecular formula is C24H39N7O3. The summed E-state index contributed by atoms with van der Waals surface area (Å²) in [4.78, 5) is 23.3. The van der Waals surface area contributed by atoms with Gasteiger partial charge in [-0.1, -0.05) is 26.0 Å². The molecule has 2 aromatic heterocycles. The molecule has 188 valence electrons. The van der Waals surface area contributed by atoms with Crippen molar-refractivity contribution in [2.24, 2.45) is 16.5 Å². The van der Waals surface area contributed by atoms with Crippen LogP contribution >= 0.6 is 0 Å². The van der Waals surface area contributed by atoms with Crippen molar-refractivity contribution in [3.8, 4) is 5.69 Å². The zero-order valence-electron chi connectivity index (χ0n) is 20.9. The van der Waals surface area contributed by atoms with Gasteiger partial charge in [0.2, 0.25) is 0 Å². The molecule has 0 atom stereocenters. The van der Waals surface area contributed by atoms with Gasteiger partial charge in [0, 0.05) is 44.6 Å². The quantitative estimate of drug-likeness (QED) is 0.200. The number of H-pyrrole nitrogens is 1. The van der Waals surface area contributed by atoms with E-state index in [0.717, 1.165) is 41.8 Å². The number of aliphatic imine (C=N–C) groups is 1. The maximum Gasteiger partial charge on any atom is 0.354 e. The highest BCUT2D eigenvalue weighted by Gasteiger charge is 2.06. The summed E-state index contributed by atoms with van der Waals surface area (Å²) in [5.74, 6) is 0.123. The predicted octanol–water partition coefficient (Wildman–Crippen LogP) is 2.08. The van der Waals surface area contributed by atoms with Crippen LogP contribution in [0.1, 0.15) is 31.5 Å². The Morgan fingerprint density at radius 2 is 1.79 bits per heavy atom. The fraction of sp³-hybridized carbons (Fsp3) is 0.458. The van der Waals surface area contributed by atoms with Crippen LogP contribution in [0.25, 0.3) is 16.7 Å². The number of hydrogen-bond acceptors (Lipinski definition) is 6. The van der Waals surface area contributed by atoms with E-state index in [1.807, 2.05) is 57.3 Å². The summed E-state index contributed by atoms with van der Waals surface area (Å²) in [6.45, 7) is 9.50. The summed E-state index contributed by atoms with van der Waals surface area (Å²) < 4.78 is 10.9. The molecular weight excluding hydrogens is 434 g/mol. The van der Waals surface area contributed by atoms with Crippen LogP contribution in [0.4, 0.5) is 0 Å². The third-order valence-electron chi connectivity index (χ3n) is 4.48. The van der Waals surface area contributed by atoms with Gasteiger partial charge < -0.3 is 31.2 Å². The Bertz CT molecular complexity index is 1030. The van der Waals surface area contributed by atoms with Crippen LogP contribution < -0.4 is 22.5 Å². The number of nitrogens with zero attached hydrogens (tertiary/aromatic N) is 3. The molecule has 0 fully saturated rings. The second-order valence-corrected chi connectivity index (χ2v) is 7.14. The van der Waals surface area contributed by atoms with Crippen LogP contribution in [-0.2, 0) is 16.0 Å². The number of ether oxygens (including phenoxy) is 2. The molecule has 0 spiro atoms. The number of aromatic nitrogens is 3. The number of fused-ring (bicyclic) bond motifs is 1. The number of aryl methyl sites for hydroxylation is 1. The molecule has 0 aliphatic heterocycles. The smallest absolute Gasteiger partial charge is 0.354 e. The first-order valence-corrected chi connectivity index (χ1v) is 11.4. The van der Waals surface area contributed by atoms with E-state index in [0.29, 0.717) is 25.4 Å². The molecule has 0 bridgehead atoms. The van der Waals surface area contributed by atoms with Gasteiger partial charge in [0.05, 0.1) is 18.9 Å². The van der Waals surface area contributed by atoms with Crippen LogP contribution in [-0.4, -0.2) is 61.0 Å². The van der Waals surface area contributed by atoms with Crippen molar-refractivity contribution in [1.82, 2.24) is 19.9 Å². The minimum Gasteiger partial charge on any atom is -0.382 e. The van der Waals surface area contributed by atoms with Gasteiger partial charge in [-0.2, -0.15) is 4.98 Å². The average Bonchev–Trinajstić information content (AvgIpc) is 3.20. The first kappa shape index (κ1) is 28.8. The number of aromatic amines is 1. The van der Waals surface area contributed by atoms with Crippen molar-refractivity contribution in [2.45, 2.75) is 33.7 Å². The minimum atomic E-state index is -0.301. The zero-order valence-corrected chi connectivity index (χ0v) is 20.9. The number of rotatable bonds is 10. The molecule has 3 aromatic rings. The number of hydrogen-bond donors (Lipinski definition) is 4. The lowest BCUT2D eigenvalue weighted by Gasteiger charge is -2.08. The van der Waals surface area contributed by atoms with Crippen LogP contribution in [0.3, 0.4) is 0 Å². The maximum atomic E-state index is 12.2. The highest BCUT2D eigenvalue weighted by Crippen LogP contribution is 2.13. The first-order chi connectivity index (χ1) is 16.4. The summed E-state index contributed by atoms with van der Waals surface area (Å²) in [5, 5.41) is 4.25. The van der Waals surface area contributed by atoms with Gasteiger partial charge in [-0.3, -0.25) is 9.56 Å². The van der Waals surface area contributed by atoms with Crippen LogP contribution in [0.15, 0.2) is 46.3 Å². The Labute approximate surface area is 201 Å². The lowest BCUT2D eigenvalue weighted by atomic mass is 10.2. The number of guanidine groups is 1. The summed E-state index contributed by atoms with van der Waals surface area (Å²) in [6, 6.07) is 9.81. The molecule has 6 N–H and O–H groups in total. The standard InChI is InChI=1S/C18H23N7O.C4H10O2.C2H6/c1-12-9-14-11-25(18(26)24-16(14)23-12)15-5-3-13(4-6-15)10-21-7-2-8-22-17(19)20;1-5-3-4-6-2;1-2/h3-6,9,11,21H,2,7-8,10H2,1H3,(H4,19,20,22)(H,23,24,26);3-4H2,1-2H3;1-2H3. The largest absolute Gasteiger partial charge is 0.382 e. The number of benzene rings is 1. The Morgan fingerprint density at radius 1 is 1.15 bits per heavy atom. The second kappa shape index (κ2) is 16.4. The number of methoxy groups -OCH3 is 2. The van der Waals surface area contributed by atoms with E-state index in [2.05, 4.69) is 29.8 Å². The van der Waals surface area contributed by atoms with E-state index in [4.69, 9.17) is 11.5 Å². The van der Waals surface area contributed by atoms with E-state index in [-0.39, 0.29) is 11.6 Å². The molecule has 0 aliphatic rings. The van der Waals surface area contributed by atoms with Gasteiger partial charge in [-0.15, -0.1) is 0 Å². The average molecular weight is 474 g/mol. The monoisotopic (exact) mass is 473 g/mol. The topological polar surface area (TPSA) is 146 Å². The molecule has 0 saturated carbocycles. The van der Waals surface area contributed by atoms with Crippen molar-refractivity contribution in [3.63, 3.8) is 0 Å².